The summed E-state index contributed by atoms with van der Waals surface area (Å²) in [5.41, 5.74) is 8.35. The third-order valence-corrected chi connectivity index (χ3v) is 9.77. The van der Waals surface area contributed by atoms with Gasteiger partial charge in [0.25, 0.3) is 0 Å². The molecule has 4 aromatic carbocycles. The minimum atomic E-state index is -3.36. The zero-order chi connectivity index (χ0) is 36.8. The Morgan fingerprint density at radius 3 is 2.22 bits per heavy atom. The number of H-pyrrole nitrogens is 1. The first-order valence-electron chi connectivity index (χ1n) is 17.2. The van der Waals surface area contributed by atoms with E-state index in [0.717, 1.165) is 56.2 Å². The number of rotatable bonds is 16. The lowest BCUT2D eigenvalue weighted by Gasteiger charge is -2.20. The molecule has 0 spiro atoms. The van der Waals surface area contributed by atoms with Gasteiger partial charge in [0.1, 0.15) is 12.6 Å². The van der Waals surface area contributed by atoms with Gasteiger partial charge in [-0.05, 0) is 118 Å². The first-order valence-corrected chi connectivity index (χ1v) is 19.1. The second kappa shape index (κ2) is 16.0. The van der Waals surface area contributed by atoms with Crippen molar-refractivity contribution in [2.24, 2.45) is 0 Å². The second-order valence-corrected chi connectivity index (χ2v) is 15.6. The monoisotopic (exact) mass is 709 g/mol. The number of aromatic amines is 1. The Balaban J connectivity index is 1.37. The van der Waals surface area contributed by atoms with Crippen LogP contribution in [0.25, 0.3) is 22.2 Å². The van der Waals surface area contributed by atoms with E-state index in [2.05, 4.69) is 47.1 Å². The van der Waals surface area contributed by atoms with E-state index in [1.165, 1.54) is 0 Å². The molecule has 4 N–H and O–H groups in total. The number of carboxylic acid groups (broad SMARTS) is 1. The highest BCUT2D eigenvalue weighted by Gasteiger charge is 2.30. The van der Waals surface area contributed by atoms with E-state index < -0.39 is 27.4 Å². The van der Waals surface area contributed by atoms with Crippen molar-refractivity contribution in [3.05, 3.63) is 124 Å². The highest BCUT2D eigenvalue weighted by atomic mass is 32.2. The SMILES string of the molecule is Cc1cc(C)cc(-c2[nH]c3ccc(C(C)(C)C(=O)O)cc3c2CCNC(CCCc2ccc(NS(C)(=O)=O)cc2)C(=O)OCc2ccccc2)c1. The molecule has 0 aliphatic rings. The van der Waals surface area contributed by atoms with Crippen LogP contribution in [0, 0.1) is 13.8 Å². The molecular weight excluding hydrogens is 663 g/mol. The van der Waals surface area contributed by atoms with Crippen LogP contribution in [0.4, 0.5) is 5.69 Å². The zero-order valence-corrected chi connectivity index (χ0v) is 30.7. The lowest BCUT2D eigenvalue weighted by molar-refractivity contribution is -0.147. The Kier molecular flexibility index (Phi) is 11.7. The van der Waals surface area contributed by atoms with Gasteiger partial charge in [-0.2, -0.15) is 0 Å². The van der Waals surface area contributed by atoms with Crippen molar-refractivity contribution < 1.29 is 27.9 Å². The van der Waals surface area contributed by atoms with Crippen LogP contribution < -0.4 is 10.0 Å². The summed E-state index contributed by atoms with van der Waals surface area (Å²) in [4.78, 5) is 29.3. The molecule has 9 nitrogen and oxygen atoms in total. The number of carbonyl (C=O) groups is 2. The number of ether oxygens (including phenoxy) is 1. The van der Waals surface area contributed by atoms with Crippen LogP contribution in [0.2, 0.25) is 0 Å². The van der Waals surface area contributed by atoms with Crippen LogP contribution in [-0.4, -0.2) is 49.3 Å². The van der Waals surface area contributed by atoms with E-state index >= 15 is 0 Å². The molecule has 51 heavy (non-hydrogen) atoms. The molecule has 268 valence electrons. The number of anilines is 1. The number of esters is 1. The minimum Gasteiger partial charge on any atom is -0.481 e. The lowest BCUT2D eigenvalue weighted by atomic mass is 9.84. The van der Waals surface area contributed by atoms with E-state index in [-0.39, 0.29) is 12.6 Å². The van der Waals surface area contributed by atoms with Crippen molar-refractivity contribution in [3.63, 3.8) is 0 Å². The van der Waals surface area contributed by atoms with Crippen molar-refractivity contribution in [3.8, 4) is 11.3 Å². The predicted octanol–water partition coefficient (Wildman–Crippen LogP) is 7.45. The van der Waals surface area contributed by atoms with Gasteiger partial charge in [0.2, 0.25) is 10.0 Å². The highest BCUT2D eigenvalue weighted by molar-refractivity contribution is 7.92. The normalized spacial score (nSPS) is 12.5. The number of fused-ring (bicyclic) bond motifs is 1. The average molecular weight is 710 g/mol. The Morgan fingerprint density at radius 1 is 0.882 bits per heavy atom. The van der Waals surface area contributed by atoms with Crippen LogP contribution in [0.15, 0.2) is 91.0 Å². The fraction of sp³-hybridized carbons (Fsp3) is 0.317. The average Bonchev–Trinajstić information content (AvgIpc) is 3.44. The number of carbonyl (C=O) groups excluding carboxylic acids is 1. The molecule has 1 unspecified atom stereocenters. The first-order chi connectivity index (χ1) is 24.2. The van der Waals surface area contributed by atoms with Gasteiger partial charge in [-0.25, -0.2) is 8.42 Å². The van der Waals surface area contributed by atoms with Gasteiger partial charge < -0.3 is 20.1 Å². The summed E-state index contributed by atoms with van der Waals surface area (Å²) in [6.45, 7) is 8.21. The molecular formula is C41H47N3O6S. The van der Waals surface area contributed by atoms with Gasteiger partial charge in [0.05, 0.1) is 11.7 Å². The zero-order valence-electron chi connectivity index (χ0n) is 29.9. The molecule has 0 aliphatic carbocycles. The van der Waals surface area contributed by atoms with Gasteiger partial charge >= 0.3 is 11.9 Å². The summed E-state index contributed by atoms with van der Waals surface area (Å²) in [5, 5.41) is 14.4. The summed E-state index contributed by atoms with van der Waals surface area (Å²) in [5.74, 6) is -1.22. The quantitative estimate of drug-likeness (QED) is 0.0781. The summed E-state index contributed by atoms with van der Waals surface area (Å²) in [6.07, 6.45) is 3.63. The van der Waals surface area contributed by atoms with Crippen molar-refractivity contribution >= 4 is 38.6 Å². The molecule has 0 saturated carbocycles. The summed E-state index contributed by atoms with van der Waals surface area (Å²) in [7, 11) is -3.36. The van der Waals surface area contributed by atoms with E-state index in [9.17, 15) is 23.1 Å². The number of benzene rings is 4. The van der Waals surface area contributed by atoms with E-state index in [4.69, 9.17) is 4.74 Å². The van der Waals surface area contributed by atoms with Gasteiger partial charge in [-0.1, -0.05) is 65.7 Å². The second-order valence-electron chi connectivity index (χ2n) is 13.9. The van der Waals surface area contributed by atoms with Gasteiger partial charge in [0, 0.05) is 28.8 Å². The van der Waals surface area contributed by atoms with Gasteiger partial charge in [-0.15, -0.1) is 0 Å². The fourth-order valence-electron chi connectivity index (χ4n) is 6.35. The molecule has 5 aromatic rings. The molecule has 1 heterocycles. The fourth-order valence-corrected chi connectivity index (χ4v) is 6.92. The number of aromatic nitrogens is 1. The lowest BCUT2D eigenvalue weighted by Crippen LogP contribution is -2.39. The number of sulfonamides is 1. The Labute approximate surface area is 300 Å². The molecule has 1 aromatic heterocycles. The standard InChI is InChI=1S/C41H47N3O6S/c1-27-22-28(2)24-31(23-27)38-34(35-25-32(16-19-36(35)43-38)41(3,4)40(46)47)20-21-42-37(39(45)50-26-30-10-7-6-8-11-30)13-9-12-29-14-17-33(18-15-29)44-51(5,48)49/h6-8,10-11,14-19,22-25,37,42-44H,9,12-13,20-21,26H2,1-5H3,(H,46,47). The molecule has 0 aliphatic heterocycles. The van der Waals surface area contributed by atoms with Crippen LogP contribution in [0.3, 0.4) is 0 Å². The Bertz CT molecular complexity index is 2080. The maximum absolute atomic E-state index is 13.5. The Hall–Kier alpha value is -4.93. The van der Waals surface area contributed by atoms with Crippen molar-refractivity contribution in [1.82, 2.24) is 10.3 Å². The largest absolute Gasteiger partial charge is 0.481 e. The summed E-state index contributed by atoms with van der Waals surface area (Å²) >= 11 is 0. The third kappa shape index (κ3) is 9.86. The topological polar surface area (TPSA) is 138 Å². The van der Waals surface area contributed by atoms with Crippen LogP contribution in [0.1, 0.15) is 60.1 Å². The molecule has 0 fully saturated rings. The van der Waals surface area contributed by atoms with E-state index in [1.54, 1.807) is 26.0 Å². The molecule has 5 rings (SSSR count). The van der Waals surface area contributed by atoms with Gasteiger partial charge in [-0.3, -0.25) is 14.3 Å². The molecule has 0 radical (unpaired) electrons. The molecule has 0 amide bonds. The maximum Gasteiger partial charge on any atom is 0.323 e. The number of aliphatic carboxylic acids is 1. The molecule has 0 saturated heterocycles. The highest BCUT2D eigenvalue weighted by Crippen LogP contribution is 2.35. The number of hydrogen-bond donors (Lipinski definition) is 4. The van der Waals surface area contributed by atoms with E-state index in [0.29, 0.717) is 43.5 Å². The van der Waals surface area contributed by atoms with Crippen molar-refractivity contribution in [2.45, 2.75) is 71.4 Å². The van der Waals surface area contributed by atoms with E-state index in [1.807, 2.05) is 60.7 Å². The number of hydrogen-bond acceptors (Lipinski definition) is 6. The number of carboxylic acids is 1. The van der Waals surface area contributed by atoms with Crippen LogP contribution in [-0.2, 0) is 49.2 Å². The van der Waals surface area contributed by atoms with Gasteiger partial charge in [0.15, 0.2) is 0 Å². The third-order valence-electron chi connectivity index (χ3n) is 9.16. The Morgan fingerprint density at radius 2 is 1.57 bits per heavy atom. The van der Waals surface area contributed by atoms with Crippen molar-refractivity contribution in [2.75, 3.05) is 17.5 Å². The smallest absolute Gasteiger partial charge is 0.323 e. The first kappa shape index (κ1) is 37.3. The number of nitrogens with one attached hydrogen (secondary N) is 3. The van der Waals surface area contributed by atoms with Crippen LogP contribution in [0.5, 0.6) is 0 Å². The summed E-state index contributed by atoms with van der Waals surface area (Å²) < 4.78 is 31.4. The molecule has 1 atom stereocenters. The van der Waals surface area contributed by atoms with Crippen molar-refractivity contribution in [1.29, 1.82) is 0 Å². The molecule has 0 bridgehead atoms. The predicted molar refractivity (Wildman–Crippen MR) is 203 cm³/mol. The minimum absolute atomic E-state index is 0.175. The summed E-state index contributed by atoms with van der Waals surface area (Å²) in [6, 6.07) is 28.5. The van der Waals surface area contributed by atoms with Crippen LogP contribution >= 0.6 is 0 Å². The maximum atomic E-state index is 13.5. The number of aryl methyl sites for hydroxylation is 3. The molecule has 10 heteroatoms.